The first-order valence-electron chi connectivity index (χ1n) is 11.0. The Hall–Kier alpha value is -2.96. The Morgan fingerprint density at radius 1 is 1.10 bits per heavy atom. The van der Waals surface area contributed by atoms with Crippen molar-refractivity contribution in [3.8, 4) is 17.0 Å². The molecule has 0 aliphatic carbocycles. The zero-order chi connectivity index (χ0) is 21.6. The van der Waals surface area contributed by atoms with Gasteiger partial charge in [0.05, 0.1) is 5.69 Å². The van der Waals surface area contributed by atoms with Gasteiger partial charge in [-0.25, -0.2) is 9.97 Å². The molecule has 3 N–H and O–H groups in total. The van der Waals surface area contributed by atoms with Crippen molar-refractivity contribution in [3.63, 3.8) is 0 Å². The highest BCUT2D eigenvalue weighted by atomic mass is 16.3. The van der Waals surface area contributed by atoms with E-state index in [4.69, 9.17) is 4.98 Å². The summed E-state index contributed by atoms with van der Waals surface area (Å²) in [5.41, 5.74) is 4.49. The van der Waals surface area contributed by atoms with Gasteiger partial charge in [-0.1, -0.05) is 30.3 Å². The Labute approximate surface area is 184 Å². The van der Waals surface area contributed by atoms with Gasteiger partial charge >= 0.3 is 0 Å². The van der Waals surface area contributed by atoms with Crippen LogP contribution in [0.25, 0.3) is 11.3 Å². The van der Waals surface area contributed by atoms with Gasteiger partial charge in [0.25, 0.3) is 0 Å². The molecule has 2 atom stereocenters. The van der Waals surface area contributed by atoms with Crippen LogP contribution < -0.4 is 10.6 Å². The van der Waals surface area contributed by atoms with Gasteiger partial charge < -0.3 is 15.7 Å². The maximum absolute atomic E-state index is 9.39. The van der Waals surface area contributed by atoms with Crippen molar-refractivity contribution in [2.45, 2.75) is 38.9 Å². The highest BCUT2D eigenvalue weighted by Gasteiger charge is 2.22. The first-order chi connectivity index (χ1) is 15.1. The molecule has 31 heavy (non-hydrogen) atoms. The molecule has 0 bridgehead atoms. The summed E-state index contributed by atoms with van der Waals surface area (Å²) >= 11 is 0. The highest BCUT2D eigenvalue weighted by Crippen LogP contribution is 2.21. The second kappa shape index (κ2) is 9.90. The number of piperazine rings is 1. The van der Waals surface area contributed by atoms with E-state index in [2.05, 4.69) is 58.6 Å². The van der Waals surface area contributed by atoms with Crippen LogP contribution in [0.2, 0.25) is 0 Å². The number of hydrogen-bond donors (Lipinski definition) is 3. The van der Waals surface area contributed by atoms with E-state index in [1.165, 1.54) is 5.56 Å². The van der Waals surface area contributed by atoms with E-state index in [9.17, 15) is 5.11 Å². The Morgan fingerprint density at radius 2 is 1.94 bits per heavy atom. The summed E-state index contributed by atoms with van der Waals surface area (Å²) in [6.07, 6.45) is 2.64. The van der Waals surface area contributed by atoms with Gasteiger partial charge in [0.15, 0.2) is 0 Å². The van der Waals surface area contributed by atoms with Crippen molar-refractivity contribution >= 4 is 5.95 Å². The predicted octanol–water partition coefficient (Wildman–Crippen LogP) is 3.69. The molecular formula is C25H31N5O. The smallest absolute Gasteiger partial charge is 0.223 e. The fourth-order valence-corrected chi connectivity index (χ4v) is 3.97. The van der Waals surface area contributed by atoms with Crippen molar-refractivity contribution in [1.29, 1.82) is 0 Å². The molecule has 1 saturated heterocycles. The number of phenols is 1. The van der Waals surface area contributed by atoms with E-state index < -0.39 is 0 Å². The summed E-state index contributed by atoms with van der Waals surface area (Å²) in [5, 5.41) is 16.2. The van der Waals surface area contributed by atoms with Crippen LogP contribution in [0.3, 0.4) is 0 Å². The number of benzene rings is 2. The minimum Gasteiger partial charge on any atom is -0.508 e. The number of anilines is 1. The molecule has 0 spiro atoms. The first-order valence-corrected chi connectivity index (χ1v) is 11.0. The summed E-state index contributed by atoms with van der Waals surface area (Å²) in [5.74, 6) is 0.919. The lowest BCUT2D eigenvalue weighted by atomic mass is 10.1. The number of rotatable bonds is 7. The first kappa shape index (κ1) is 21.3. The van der Waals surface area contributed by atoms with Crippen molar-refractivity contribution in [3.05, 3.63) is 71.9 Å². The zero-order valence-electron chi connectivity index (χ0n) is 18.3. The van der Waals surface area contributed by atoms with Crippen molar-refractivity contribution in [1.82, 2.24) is 20.2 Å². The Kier molecular flexibility index (Phi) is 6.79. The van der Waals surface area contributed by atoms with Gasteiger partial charge in [0.2, 0.25) is 5.95 Å². The third-order valence-corrected chi connectivity index (χ3v) is 5.79. The summed E-state index contributed by atoms with van der Waals surface area (Å²) in [4.78, 5) is 11.6. The SMILES string of the molecule is C[C@H]1CN(Cc2cccc(-c3ccnc(NCCc4ccc(O)cc4)n3)c2)[C@@H](C)CN1. The van der Waals surface area contributed by atoms with Gasteiger partial charge in [0.1, 0.15) is 5.75 Å². The fourth-order valence-electron chi connectivity index (χ4n) is 3.97. The number of nitrogens with zero attached hydrogens (tertiary/aromatic N) is 3. The number of aromatic nitrogens is 2. The summed E-state index contributed by atoms with van der Waals surface area (Å²) in [6.45, 7) is 8.30. The molecular weight excluding hydrogens is 386 g/mol. The number of phenolic OH excluding ortho intramolecular Hbond substituents is 1. The Balaban J connectivity index is 1.40. The van der Waals surface area contributed by atoms with Gasteiger partial charge in [-0.2, -0.15) is 0 Å². The Morgan fingerprint density at radius 3 is 2.77 bits per heavy atom. The molecule has 2 heterocycles. The van der Waals surface area contributed by atoms with E-state index >= 15 is 0 Å². The molecule has 2 aromatic carbocycles. The van der Waals surface area contributed by atoms with Crippen molar-refractivity contribution in [2.75, 3.05) is 25.0 Å². The normalized spacial score (nSPS) is 19.3. The quantitative estimate of drug-likeness (QED) is 0.545. The highest BCUT2D eigenvalue weighted by molar-refractivity contribution is 5.61. The van der Waals surface area contributed by atoms with Crippen LogP contribution in [0, 0.1) is 0 Å². The average Bonchev–Trinajstić information content (AvgIpc) is 2.78. The zero-order valence-corrected chi connectivity index (χ0v) is 18.3. The van der Waals surface area contributed by atoms with Gasteiger partial charge in [0, 0.05) is 50.0 Å². The molecule has 0 radical (unpaired) electrons. The summed E-state index contributed by atoms with van der Waals surface area (Å²) < 4.78 is 0. The predicted molar refractivity (Wildman–Crippen MR) is 125 cm³/mol. The van der Waals surface area contributed by atoms with Crippen molar-refractivity contribution in [2.24, 2.45) is 0 Å². The third-order valence-electron chi connectivity index (χ3n) is 5.79. The molecule has 6 nitrogen and oxygen atoms in total. The standard InChI is InChI=1S/C25H31N5O/c1-18-16-30(19(2)15-28-18)17-21-4-3-5-22(14-21)24-11-13-27-25(29-24)26-12-10-20-6-8-23(31)9-7-20/h3-9,11,13-14,18-19,28,31H,10,12,15-17H2,1-2H3,(H,26,27,29)/t18-,19-/m0/s1. The largest absolute Gasteiger partial charge is 0.508 e. The molecule has 1 aliphatic heterocycles. The lowest BCUT2D eigenvalue weighted by Gasteiger charge is -2.37. The molecule has 3 aromatic rings. The van der Waals surface area contributed by atoms with Crippen molar-refractivity contribution < 1.29 is 5.11 Å². The number of hydrogen-bond acceptors (Lipinski definition) is 6. The Bertz CT molecular complexity index is 991. The molecule has 6 heteroatoms. The van der Waals surface area contributed by atoms with Crippen LogP contribution >= 0.6 is 0 Å². The lowest BCUT2D eigenvalue weighted by Crippen LogP contribution is -2.53. The molecule has 162 valence electrons. The van der Waals surface area contributed by atoms with Gasteiger partial charge in [-0.05, 0) is 55.7 Å². The molecule has 0 saturated carbocycles. The van der Waals surface area contributed by atoms with E-state index in [1.54, 1.807) is 18.3 Å². The number of nitrogens with one attached hydrogen (secondary N) is 2. The van der Waals surface area contributed by atoms with Crippen LogP contribution in [0.15, 0.2) is 60.8 Å². The van der Waals surface area contributed by atoms with Gasteiger partial charge in [-0.15, -0.1) is 0 Å². The van der Waals surface area contributed by atoms with Crippen LogP contribution in [0.1, 0.15) is 25.0 Å². The van der Waals surface area contributed by atoms with Gasteiger partial charge in [-0.3, -0.25) is 4.90 Å². The maximum atomic E-state index is 9.39. The second-order valence-corrected chi connectivity index (χ2v) is 8.40. The summed E-state index contributed by atoms with van der Waals surface area (Å²) in [7, 11) is 0. The average molecular weight is 418 g/mol. The van der Waals surface area contributed by atoms with Crippen LogP contribution in [-0.2, 0) is 13.0 Å². The minimum absolute atomic E-state index is 0.288. The second-order valence-electron chi connectivity index (χ2n) is 8.40. The summed E-state index contributed by atoms with van der Waals surface area (Å²) in [6, 6.07) is 18.9. The van der Waals surface area contributed by atoms with Crippen LogP contribution in [0.5, 0.6) is 5.75 Å². The van der Waals surface area contributed by atoms with E-state index in [-0.39, 0.29) is 5.75 Å². The minimum atomic E-state index is 0.288. The van der Waals surface area contributed by atoms with E-state index in [0.717, 1.165) is 49.4 Å². The topological polar surface area (TPSA) is 73.3 Å². The lowest BCUT2D eigenvalue weighted by molar-refractivity contribution is 0.139. The van der Waals surface area contributed by atoms with E-state index in [1.807, 2.05) is 18.2 Å². The number of aromatic hydroxyl groups is 1. The fraction of sp³-hybridized carbons (Fsp3) is 0.360. The third kappa shape index (κ3) is 5.81. The molecule has 4 rings (SSSR count). The monoisotopic (exact) mass is 417 g/mol. The van der Waals surface area contributed by atoms with Crippen LogP contribution in [0.4, 0.5) is 5.95 Å². The molecule has 1 fully saturated rings. The van der Waals surface area contributed by atoms with Crippen LogP contribution in [-0.4, -0.2) is 51.7 Å². The van der Waals surface area contributed by atoms with E-state index in [0.29, 0.717) is 18.0 Å². The molecule has 1 aromatic heterocycles. The molecule has 0 amide bonds. The molecule has 1 aliphatic rings. The maximum Gasteiger partial charge on any atom is 0.223 e. The molecule has 0 unspecified atom stereocenters.